The van der Waals surface area contributed by atoms with Crippen LogP contribution in [0.1, 0.15) is 141 Å². The number of fused-ring (bicyclic) bond motifs is 2. The maximum Gasteiger partial charge on any atom is 3.00 e. The molecule has 5 saturated carbocycles. The van der Waals surface area contributed by atoms with Gasteiger partial charge in [-0.1, -0.05) is 101 Å². The Kier molecular flexibility index (Phi) is 9.87. The number of rotatable bonds is 2. The van der Waals surface area contributed by atoms with Crippen molar-refractivity contribution in [2.24, 2.45) is 23.2 Å². The molecule has 7 aliphatic rings. The van der Waals surface area contributed by atoms with Crippen LogP contribution in [0.15, 0.2) is 42.0 Å². The Balaban J connectivity index is 0.00000133. The Bertz CT molecular complexity index is 1730. The zero-order valence-electron chi connectivity index (χ0n) is 28.4. The smallest absolute Gasteiger partial charge is 1.00 e. The molecule has 45 heavy (non-hydrogen) atoms. The van der Waals surface area contributed by atoms with Crippen LogP contribution in [0.3, 0.4) is 0 Å². The second-order valence-electron chi connectivity index (χ2n) is 17.3. The van der Waals surface area contributed by atoms with E-state index in [-0.39, 0.29) is 61.8 Å². The van der Waals surface area contributed by atoms with Crippen molar-refractivity contribution in [3.05, 3.63) is 85.1 Å². The van der Waals surface area contributed by atoms with Crippen molar-refractivity contribution in [2.75, 3.05) is 0 Å². The summed E-state index contributed by atoms with van der Waals surface area (Å²) >= 11 is 0. The molecule has 0 amide bonds. The Labute approximate surface area is 304 Å². The van der Waals surface area contributed by atoms with Crippen LogP contribution in [-0.4, -0.2) is 0 Å². The molecule has 0 atom stereocenters. The summed E-state index contributed by atoms with van der Waals surface area (Å²) in [5, 5.41) is 5.79. The molecule has 9 rings (SSSR count). The minimum atomic E-state index is 0. The number of hydrogen-bond acceptors (Lipinski definition) is 0. The largest absolute Gasteiger partial charge is 3.00 e. The molecule has 5 fully saturated rings. The third-order valence-corrected chi connectivity index (χ3v) is 12.2. The Morgan fingerprint density at radius 3 is 1.96 bits per heavy atom. The van der Waals surface area contributed by atoms with Gasteiger partial charge in [-0.15, -0.1) is 33.4 Å². The van der Waals surface area contributed by atoms with Crippen molar-refractivity contribution in [3.63, 3.8) is 0 Å². The molecule has 3 heteroatoms. The molecule has 1 radical (unpaired) electrons. The average molecular weight is 718 g/mol. The van der Waals surface area contributed by atoms with Crippen molar-refractivity contribution in [1.82, 2.24) is 0 Å². The fourth-order valence-electron chi connectivity index (χ4n) is 10.7. The Morgan fingerprint density at radius 1 is 0.756 bits per heavy atom. The van der Waals surface area contributed by atoms with Gasteiger partial charge < -0.3 is 24.8 Å². The maximum atomic E-state index is 4.08. The fraction of sp³-hybridized carbons (Fsp3) is 0.571. The van der Waals surface area contributed by atoms with E-state index in [0.717, 1.165) is 24.2 Å². The quantitative estimate of drug-likeness (QED) is 0.356. The van der Waals surface area contributed by atoms with Crippen LogP contribution in [-0.2, 0) is 37.0 Å². The van der Waals surface area contributed by atoms with E-state index in [1.807, 2.05) is 0 Å². The first kappa shape index (κ1) is 35.4. The Hall–Kier alpha value is -0.877. The van der Waals surface area contributed by atoms with Gasteiger partial charge in [0.2, 0.25) is 0 Å². The summed E-state index contributed by atoms with van der Waals surface area (Å²) in [4.78, 5) is 0. The van der Waals surface area contributed by atoms with Crippen LogP contribution in [0.25, 0.3) is 17.2 Å². The van der Waals surface area contributed by atoms with Gasteiger partial charge in [0.1, 0.15) is 0 Å². The number of hydrogen-bond donors (Lipinski definition) is 0. The molecule has 0 saturated heterocycles. The van der Waals surface area contributed by atoms with E-state index in [1.54, 1.807) is 33.1 Å². The predicted molar refractivity (Wildman–Crippen MR) is 177 cm³/mol. The summed E-state index contributed by atoms with van der Waals surface area (Å²) in [5.74, 6) is 2.91. The van der Waals surface area contributed by atoms with Crippen molar-refractivity contribution in [1.29, 1.82) is 0 Å². The van der Waals surface area contributed by atoms with Crippen molar-refractivity contribution in [2.45, 2.75) is 129 Å². The minimum Gasteiger partial charge on any atom is -1.00 e. The van der Waals surface area contributed by atoms with Crippen molar-refractivity contribution < 1.29 is 51.0 Å². The third-order valence-electron chi connectivity index (χ3n) is 12.2. The summed E-state index contributed by atoms with van der Waals surface area (Å²) in [6, 6.07) is 9.84. The fourth-order valence-corrected chi connectivity index (χ4v) is 10.7. The first-order valence-electron chi connectivity index (χ1n) is 17.4. The summed E-state index contributed by atoms with van der Waals surface area (Å²) in [5.41, 5.74) is 11.8. The predicted octanol–water partition coefficient (Wildman–Crippen LogP) is 3.64. The molecule has 237 valence electrons. The van der Waals surface area contributed by atoms with Crippen LogP contribution in [0.4, 0.5) is 0 Å². The van der Waals surface area contributed by atoms with E-state index in [9.17, 15) is 0 Å². The molecule has 0 aliphatic heterocycles. The standard InChI is InChI=1S/C42H51.2ClH.Zr/c1-40(2,3)31-16-15-30-20-35-34(33(30)21-31)22-37(41(4,5)6)38(29-11-8-7-9-12-29)39(35)32-13-10-14-36(32)42-23-26-17-27(24-42)19-28(18-26)25-42;;;/h10,14-16,21-22,26-28H,7-9,11-13,17-19,23-25H2,1-6H3;2*1H;/q-1;;;+3/p-2. The molecule has 7 aliphatic carbocycles. The summed E-state index contributed by atoms with van der Waals surface area (Å²) in [6.07, 6.45) is 25.8. The normalized spacial score (nSPS) is 27.8. The van der Waals surface area contributed by atoms with E-state index >= 15 is 0 Å². The van der Waals surface area contributed by atoms with Crippen LogP contribution in [0.2, 0.25) is 0 Å². The number of halogens is 2. The Morgan fingerprint density at radius 2 is 1.38 bits per heavy atom. The zero-order chi connectivity index (χ0) is 29.0. The first-order chi connectivity index (χ1) is 20.0. The third kappa shape index (κ3) is 5.91. The van der Waals surface area contributed by atoms with E-state index in [1.165, 1.54) is 97.4 Å². The van der Waals surface area contributed by atoms with Gasteiger partial charge in [0.05, 0.1) is 0 Å². The van der Waals surface area contributed by atoms with Gasteiger partial charge in [0, 0.05) is 0 Å². The van der Waals surface area contributed by atoms with Gasteiger partial charge in [-0.3, -0.25) is 0 Å². The molecular formula is C42H51Cl2Zr. The van der Waals surface area contributed by atoms with E-state index in [4.69, 9.17) is 0 Å². The topological polar surface area (TPSA) is 0 Å². The molecule has 0 N–H and O–H groups in total. The second kappa shape index (κ2) is 12.5. The van der Waals surface area contributed by atoms with E-state index in [0.29, 0.717) is 5.41 Å². The maximum absolute atomic E-state index is 4.08. The van der Waals surface area contributed by atoms with Gasteiger partial charge in [-0.25, -0.2) is 0 Å². The first-order valence-corrected chi connectivity index (χ1v) is 17.4. The van der Waals surface area contributed by atoms with Gasteiger partial charge >= 0.3 is 26.2 Å². The van der Waals surface area contributed by atoms with Crippen molar-refractivity contribution in [3.8, 4) is 0 Å². The molecule has 2 aromatic rings. The monoisotopic (exact) mass is 715 g/mol. The van der Waals surface area contributed by atoms with Crippen molar-refractivity contribution >= 4 is 17.2 Å². The average Bonchev–Trinajstić information content (AvgIpc) is 3.56. The van der Waals surface area contributed by atoms with Gasteiger partial charge in [0.15, 0.2) is 0 Å². The number of benzene rings is 2. The van der Waals surface area contributed by atoms with Gasteiger partial charge in [0.25, 0.3) is 0 Å². The molecular weight excluding hydrogens is 667 g/mol. The molecule has 0 unspecified atom stereocenters. The second-order valence-corrected chi connectivity index (χ2v) is 17.3. The van der Waals surface area contributed by atoms with Crippen LogP contribution < -0.4 is 35.3 Å². The molecule has 0 heterocycles. The summed E-state index contributed by atoms with van der Waals surface area (Å²) < 4.78 is 0. The summed E-state index contributed by atoms with van der Waals surface area (Å²) in [6.45, 7) is 14.4. The number of allylic oxidation sites excluding steroid dienone is 4. The van der Waals surface area contributed by atoms with Gasteiger partial charge in [-0.2, -0.15) is 0 Å². The van der Waals surface area contributed by atoms with Crippen LogP contribution >= 0.6 is 0 Å². The SMILES string of the molecule is CC(C)(C)c1ccc2c(c1)=c1cc(C(C)(C)C)c(=C3CCCCC3)c(C3=C(C45CC6CC(CC(C6)C4)C5)C=CC3)c1[C-]=2.[Cl-].[Cl-].[Zr+3]. The molecule has 0 nitrogen and oxygen atoms in total. The summed E-state index contributed by atoms with van der Waals surface area (Å²) in [7, 11) is 0. The zero-order valence-corrected chi connectivity index (χ0v) is 32.4. The van der Waals surface area contributed by atoms with E-state index in [2.05, 4.69) is 84.0 Å². The van der Waals surface area contributed by atoms with Crippen LogP contribution in [0.5, 0.6) is 0 Å². The minimum absolute atomic E-state index is 0. The van der Waals surface area contributed by atoms with Gasteiger partial charge in [-0.05, 0) is 121 Å². The van der Waals surface area contributed by atoms with Crippen LogP contribution in [0, 0.1) is 33.6 Å². The molecule has 0 spiro atoms. The van der Waals surface area contributed by atoms with E-state index < -0.39 is 0 Å². The molecule has 0 aromatic heterocycles. The molecule has 4 bridgehead atoms. The molecule has 2 aromatic carbocycles.